The smallest absolute Gasteiger partial charge is 0.336 e. The molecule has 8 nitrogen and oxygen atoms in total. The molecule has 4 rings (SSSR count). The fraction of sp³-hybridized carbons (Fsp3) is 0.318. The van der Waals surface area contributed by atoms with E-state index in [0.717, 1.165) is 43.4 Å². The van der Waals surface area contributed by atoms with Gasteiger partial charge in [0.2, 0.25) is 0 Å². The maximum atomic E-state index is 12.7. The van der Waals surface area contributed by atoms with Gasteiger partial charge < -0.3 is 19.7 Å². The third kappa shape index (κ3) is 4.77. The van der Waals surface area contributed by atoms with Crippen LogP contribution in [0.2, 0.25) is 0 Å². The zero-order valence-corrected chi connectivity index (χ0v) is 16.9. The molecule has 1 amide bonds. The minimum atomic E-state index is -0.685. The molecule has 156 valence electrons. The van der Waals surface area contributed by atoms with Gasteiger partial charge in [0.05, 0.1) is 18.9 Å². The molecule has 0 spiro atoms. The molecule has 0 aliphatic carbocycles. The summed E-state index contributed by atoms with van der Waals surface area (Å²) in [7, 11) is 0. The lowest BCUT2D eigenvalue weighted by Crippen LogP contribution is -2.36. The molecule has 8 heteroatoms. The van der Waals surface area contributed by atoms with E-state index < -0.39 is 6.10 Å². The number of hydrogen-bond donors (Lipinski definition) is 1. The Bertz CT molecular complexity index is 952. The van der Waals surface area contributed by atoms with E-state index in [2.05, 4.69) is 20.3 Å². The summed E-state index contributed by atoms with van der Waals surface area (Å²) >= 11 is 0. The second-order valence-corrected chi connectivity index (χ2v) is 6.96. The number of carbonyl (C=O) groups is 1. The van der Waals surface area contributed by atoms with Crippen LogP contribution in [0.4, 0.5) is 11.4 Å². The first-order valence-corrected chi connectivity index (χ1v) is 10.1. The third-order valence-corrected chi connectivity index (χ3v) is 4.91. The van der Waals surface area contributed by atoms with Crippen molar-refractivity contribution in [1.82, 2.24) is 14.8 Å². The van der Waals surface area contributed by atoms with Crippen molar-refractivity contribution in [1.29, 1.82) is 0 Å². The Morgan fingerprint density at radius 3 is 2.53 bits per heavy atom. The van der Waals surface area contributed by atoms with Gasteiger partial charge in [-0.3, -0.25) is 4.79 Å². The number of carbonyl (C=O) groups excluding carboxylic acids is 1. The van der Waals surface area contributed by atoms with Gasteiger partial charge in [0.1, 0.15) is 6.33 Å². The average Bonchev–Trinajstić information content (AvgIpc) is 3.28. The second kappa shape index (κ2) is 9.41. The van der Waals surface area contributed by atoms with Crippen molar-refractivity contribution in [2.45, 2.75) is 19.4 Å². The standard InChI is InChI=1S/C22H25N5O3/c1-2-20(30-22-23-16-27(25-22)19-6-4-3-5-7-19)21(28)24-17-8-10-18(11-9-17)26-12-14-29-15-13-26/h3-11,16,20H,2,12-15H2,1H3,(H,24,28). The first-order valence-electron chi connectivity index (χ1n) is 10.1. The number of nitrogens with one attached hydrogen (secondary N) is 1. The maximum absolute atomic E-state index is 12.7. The Labute approximate surface area is 175 Å². The molecule has 1 aliphatic rings. The number of aromatic nitrogens is 3. The lowest BCUT2D eigenvalue weighted by Gasteiger charge is -2.29. The normalized spacial score (nSPS) is 14.9. The van der Waals surface area contributed by atoms with Crippen molar-refractivity contribution in [2.24, 2.45) is 0 Å². The number of morpholine rings is 1. The van der Waals surface area contributed by atoms with Crippen LogP contribution in [0.5, 0.6) is 6.01 Å². The van der Waals surface area contributed by atoms with E-state index in [1.807, 2.05) is 61.5 Å². The van der Waals surface area contributed by atoms with Crippen LogP contribution in [0.3, 0.4) is 0 Å². The topological polar surface area (TPSA) is 81.5 Å². The van der Waals surface area contributed by atoms with Crippen LogP contribution >= 0.6 is 0 Å². The number of benzene rings is 2. The lowest BCUT2D eigenvalue weighted by atomic mass is 10.2. The Morgan fingerprint density at radius 2 is 1.83 bits per heavy atom. The van der Waals surface area contributed by atoms with Crippen LogP contribution in [0.1, 0.15) is 13.3 Å². The van der Waals surface area contributed by atoms with Crippen LogP contribution in [0, 0.1) is 0 Å². The molecule has 0 saturated carbocycles. The van der Waals surface area contributed by atoms with Crippen LogP contribution < -0.4 is 15.0 Å². The van der Waals surface area contributed by atoms with E-state index in [4.69, 9.17) is 9.47 Å². The molecule has 0 bridgehead atoms. The quantitative estimate of drug-likeness (QED) is 0.649. The number of ether oxygens (including phenoxy) is 2. The van der Waals surface area contributed by atoms with E-state index in [-0.39, 0.29) is 11.9 Å². The molecule has 1 unspecified atom stereocenters. The first-order chi connectivity index (χ1) is 14.7. The second-order valence-electron chi connectivity index (χ2n) is 6.96. The number of hydrogen-bond acceptors (Lipinski definition) is 6. The summed E-state index contributed by atoms with van der Waals surface area (Å²) in [4.78, 5) is 19.1. The molecule has 2 heterocycles. The van der Waals surface area contributed by atoms with E-state index in [0.29, 0.717) is 6.42 Å². The summed E-state index contributed by atoms with van der Waals surface area (Å²) in [6.07, 6.45) is 1.38. The highest BCUT2D eigenvalue weighted by atomic mass is 16.5. The van der Waals surface area contributed by atoms with Gasteiger partial charge in [-0.25, -0.2) is 4.68 Å². The van der Waals surface area contributed by atoms with Gasteiger partial charge in [0.25, 0.3) is 5.91 Å². The predicted octanol–water partition coefficient (Wildman–Crippen LogP) is 2.90. The van der Waals surface area contributed by atoms with Crippen molar-refractivity contribution in [3.63, 3.8) is 0 Å². The molecule has 1 N–H and O–H groups in total. The predicted molar refractivity (Wildman–Crippen MR) is 114 cm³/mol. The number of anilines is 2. The number of nitrogens with zero attached hydrogens (tertiary/aromatic N) is 4. The van der Waals surface area contributed by atoms with E-state index in [1.165, 1.54) is 0 Å². The summed E-state index contributed by atoms with van der Waals surface area (Å²) in [6, 6.07) is 17.6. The SMILES string of the molecule is CCC(Oc1ncn(-c2ccccc2)n1)C(=O)Nc1ccc(N2CCOCC2)cc1. The average molecular weight is 407 g/mol. The first kappa shape index (κ1) is 19.9. The molecular weight excluding hydrogens is 382 g/mol. The van der Waals surface area contributed by atoms with Crippen LogP contribution in [0.25, 0.3) is 5.69 Å². The fourth-order valence-electron chi connectivity index (χ4n) is 3.26. The highest BCUT2D eigenvalue weighted by Crippen LogP contribution is 2.20. The molecular formula is C22H25N5O3. The van der Waals surface area contributed by atoms with Crippen LogP contribution in [-0.4, -0.2) is 53.1 Å². The maximum Gasteiger partial charge on any atom is 0.336 e. The molecule has 1 aliphatic heterocycles. The number of rotatable bonds is 7. The highest BCUT2D eigenvalue weighted by molar-refractivity contribution is 5.94. The van der Waals surface area contributed by atoms with E-state index >= 15 is 0 Å². The van der Waals surface area contributed by atoms with Crippen molar-refractivity contribution < 1.29 is 14.3 Å². The molecule has 1 saturated heterocycles. The third-order valence-electron chi connectivity index (χ3n) is 4.91. The minimum Gasteiger partial charge on any atom is -0.449 e. The molecule has 1 fully saturated rings. The zero-order chi connectivity index (χ0) is 20.8. The molecule has 1 atom stereocenters. The molecule has 0 radical (unpaired) electrons. The number of amides is 1. The van der Waals surface area contributed by atoms with E-state index in [9.17, 15) is 4.79 Å². The fourth-order valence-corrected chi connectivity index (χ4v) is 3.26. The summed E-state index contributed by atoms with van der Waals surface area (Å²) in [6.45, 7) is 5.12. The van der Waals surface area contributed by atoms with Gasteiger partial charge in [-0.05, 0) is 42.8 Å². The van der Waals surface area contributed by atoms with Crippen molar-refractivity contribution in [3.05, 3.63) is 60.9 Å². The monoisotopic (exact) mass is 407 g/mol. The summed E-state index contributed by atoms with van der Waals surface area (Å²) in [5, 5.41) is 7.22. The molecule has 30 heavy (non-hydrogen) atoms. The summed E-state index contributed by atoms with van der Waals surface area (Å²) < 4.78 is 12.7. The van der Waals surface area contributed by atoms with Crippen LogP contribution in [-0.2, 0) is 9.53 Å². The number of para-hydroxylation sites is 1. The Hall–Kier alpha value is -3.39. The Kier molecular flexibility index (Phi) is 6.24. The van der Waals surface area contributed by atoms with E-state index in [1.54, 1.807) is 11.0 Å². The summed E-state index contributed by atoms with van der Waals surface area (Å²) in [5.74, 6) is -0.229. The van der Waals surface area contributed by atoms with Gasteiger partial charge in [0.15, 0.2) is 6.10 Å². The Balaban J connectivity index is 1.36. The van der Waals surface area contributed by atoms with Crippen LogP contribution in [0.15, 0.2) is 60.9 Å². The van der Waals surface area contributed by atoms with Gasteiger partial charge in [-0.15, -0.1) is 5.10 Å². The van der Waals surface area contributed by atoms with Gasteiger partial charge in [-0.2, -0.15) is 4.98 Å². The molecule has 1 aromatic heterocycles. The molecule has 3 aromatic rings. The minimum absolute atomic E-state index is 0.170. The molecule has 2 aromatic carbocycles. The van der Waals surface area contributed by atoms with Crippen molar-refractivity contribution in [2.75, 3.05) is 36.5 Å². The van der Waals surface area contributed by atoms with Gasteiger partial charge >= 0.3 is 6.01 Å². The zero-order valence-electron chi connectivity index (χ0n) is 16.9. The van der Waals surface area contributed by atoms with Gasteiger partial charge in [0, 0.05) is 24.5 Å². The van der Waals surface area contributed by atoms with Gasteiger partial charge in [-0.1, -0.05) is 25.1 Å². The highest BCUT2D eigenvalue weighted by Gasteiger charge is 2.21. The summed E-state index contributed by atoms with van der Waals surface area (Å²) in [5.41, 5.74) is 2.72. The van der Waals surface area contributed by atoms with Crippen molar-refractivity contribution >= 4 is 17.3 Å². The Morgan fingerprint density at radius 1 is 1.10 bits per heavy atom. The largest absolute Gasteiger partial charge is 0.449 e. The lowest BCUT2D eigenvalue weighted by molar-refractivity contribution is -0.123. The van der Waals surface area contributed by atoms with Crippen molar-refractivity contribution in [3.8, 4) is 11.7 Å².